The number of para-hydroxylation sites is 1. The summed E-state index contributed by atoms with van der Waals surface area (Å²) in [5, 5.41) is 12.8. The average Bonchev–Trinajstić information content (AvgIpc) is 2.52. The molecule has 0 saturated heterocycles. The third kappa shape index (κ3) is 10.5. The molecule has 0 aliphatic rings. The standard InChI is InChI=1S/C19H33N5O.HI/c1-14(2)16(23-15-10-8-7-9-11-15)12-21-18(20-6)22-13-17(25)24-19(3,4)5;/h7-11,14,16,23H,12-13H2,1-6H3,(H,24,25)(H2,20,21,22);1H. The highest BCUT2D eigenvalue weighted by atomic mass is 127. The van der Waals surface area contributed by atoms with E-state index in [2.05, 4.69) is 52.2 Å². The summed E-state index contributed by atoms with van der Waals surface area (Å²) in [6.45, 7) is 11.1. The summed E-state index contributed by atoms with van der Waals surface area (Å²) in [7, 11) is 1.70. The van der Waals surface area contributed by atoms with Gasteiger partial charge in [-0.2, -0.15) is 0 Å². The van der Waals surface area contributed by atoms with Crippen LogP contribution >= 0.6 is 24.0 Å². The van der Waals surface area contributed by atoms with Crippen LogP contribution in [0.25, 0.3) is 0 Å². The molecule has 1 unspecified atom stereocenters. The summed E-state index contributed by atoms with van der Waals surface area (Å²) in [5.74, 6) is 0.998. The van der Waals surface area contributed by atoms with Crippen LogP contribution in [-0.4, -0.2) is 43.6 Å². The van der Waals surface area contributed by atoms with Crippen molar-refractivity contribution in [2.75, 3.05) is 25.5 Å². The second-order valence-electron chi connectivity index (χ2n) is 7.47. The van der Waals surface area contributed by atoms with Gasteiger partial charge in [-0.1, -0.05) is 32.0 Å². The average molecular weight is 475 g/mol. The maximum atomic E-state index is 11.9. The highest BCUT2D eigenvalue weighted by Crippen LogP contribution is 2.11. The molecule has 148 valence electrons. The number of hydrogen-bond donors (Lipinski definition) is 4. The number of benzene rings is 1. The van der Waals surface area contributed by atoms with Crippen LogP contribution in [-0.2, 0) is 4.79 Å². The van der Waals surface area contributed by atoms with Crippen LogP contribution < -0.4 is 21.3 Å². The SMILES string of the molecule is CN=C(NCC(=O)NC(C)(C)C)NCC(Nc1ccccc1)C(C)C.I. The molecule has 6 nitrogen and oxygen atoms in total. The minimum Gasteiger partial charge on any atom is -0.380 e. The first-order valence-electron chi connectivity index (χ1n) is 8.78. The first kappa shape index (κ1) is 24.5. The molecule has 26 heavy (non-hydrogen) atoms. The van der Waals surface area contributed by atoms with Gasteiger partial charge in [0.05, 0.1) is 6.54 Å². The van der Waals surface area contributed by atoms with Crippen LogP contribution in [0.1, 0.15) is 34.6 Å². The van der Waals surface area contributed by atoms with Gasteiger partial charge in [-0.05, 0) is 38.8 Å². The van der Waals surface area contributed by atoms with E-state index in [1.54, 1.807) is 7.05 Å². The number of anilines is 1. The van der Waals surface area contributed by atoms with E-state index in [0.29, 0.717) is 18.4 Å². The number of carbonyl (C=O) groups is 1. The number of guanidine groups is 1. The molecule has 7 heteroatoms. The van der Waals surface area contributed by atoms with Crippen LogP contribution in [0.3, 0.4) is 0 Å². The lowest BCUT2D eigenvalue weighted by Crippen LogP contribution is -2.50. The molecule has 1 aromatic rings. The Morgan fingerprint density at radius 1 is 1.12 bits per heavy atom. The van der Waals surface area contributed by atoms with Crippen LogP contribution in [0.5, 0.6) is 0 Å². The number of carbonyl (C=O) groups excluding carboxylic acids is 1. The zero-order chi connectivity index (χ0) is 18.9. The van der Waals surface area contributed by atoms with Crippen molar-refractivity contribution >= 4 is 41.5 Å². The lowest BCUT2D eigenvalue weighted by molar-refractivity contribution is -0.121. The third-order valence-corrected chi connectivity index (χ3v) is 3.57. The van der Waals surface area contributed by atoms with Crippen LogP contribution in [0.4, 0.5) is 5.69 Å². The summed E-state index contributed by atoms with van der Waals surface area (Å²) in [6.07, 6.45) is 0. The molecule has 0 aromatic heterocycles. The van der Waals surface area contributed by atoms with E-state index in [-0.39, 0.29) is 48.0 Å². The number of amides is 1. The van der Waals surface area contributed by atoms with Gasteiger partial charge in [-0.25, -0.2) is 0 Å². The second-order valence-corrected chi connectivity index (χ2v) is 7.47. The Bertz CT molecular complexity index is 555. The van der Waals surface area contributed by atoms with Gasteiger partial charge >= 0.3 is 0 Å². The minimum absolute atomic E-state index is 0. The Morgan fingerprint density at radius 3 is 2.23 bits per heavy atom. The van der Waals surface area contributed by atoms with Crippen molar-refractivity contribution < 1.29 is 4.79 Å². The molecule has 0 spiro atoms. The van der Waals surface area contributed by atoms with Gasteiger partial charge in [0.2, 0.25) is 5.91 Å². The smallest absolute Gasteiger partial charge is 0.239 e. The number of halogens is 1. The van der Waals surface area contributed by atoms with E-state index in [4.69, 9.17) is 0 Å². The fourth-order valence-corrected chi connectivity index (χ4v) is 2.26. The highest BCUT2D eigenvalue weighted by molar-refractivity contribution is 14.0. The zero-order valence-electron chi connectivity index (χ0n) is 16.7. The predicted octanol–water partition coefficient (Wildman–Crippen LogP) is 2.82. The number of rotatable bonds is 7. The number of nitrogens with one attached hydrogen (secondary N) is 4. The van der Waals surface area contributed by atoms with Gasteiger partial charge in [-0.15, -0.1) is 24.0 Å². The topological polar surface area (TPSA) is 77.5 Å². The first-order valence-corrected chi connectivity index (χ1v) is 8.78. The molecule has 0 heterocycles. The Balaban J connectivity index is 0.00000625. The zero-order valence-corrected chi connectivity index (χ0v) is 19.0. The van der Waals surface area contributed by atoms with E-state index >= 15 is 0 Å². The van der Waals surface area contributed by atoms with Gasteiger partial charge in [0, 0.05) is 30.9 Å². The van der Waals surface area contributed by atoms with Gasteiger partial charge < -0.3 is 21.3 Å². The van der Waals surface area contributed by atoms with Crippen molar-refractivity contribution in [2.45, 2.75) is 46.2 Å². The lowest BCUT2D eigenvalue weighted by atomic mass is 10.0. The Labute approximate surface area is 175 Å². The van der Waals surface area contributed by atoms with Crippen LogP contribution in [0.2, 0.25) is 0 Å². The van der Waals surface area contributed by atoms with Gasteiger partial charge in [-0.3, -0.25) is 9.79 Å². The van der Waals surface area contributed by atoms with Crippen molar-refractivity contribution in [3.05, 3.63) is 30.3 Å². The predicted molar refractivity (Wildman–Crippen MR) is 121 cm³/mol. The van der Waals surface area contributed by atoms with E-state index in [0.717, 1.165) is 5.69 Å². The molecule has 1 aromatic carbocycles. The fourth-order valence-electron chi connectivity index (χ4n) is 2.26. The van der Waals surface area contributed by atoms with Gasteiger partial charge in [0.1, 0.15) is 0 Å². The van der Waals surface area contributed by atoms with E-state index < -0.39 is 0 Å². The Hall–Kier alpha value is -1.51. The van der Waals surface area contributed by atoms with E-state index in [9.17, 15) is 4.79 Å². The summed E-state index contributed by atoms with van der Waals surface area (Å²) in [6, 6.07) is 10.4. The molecule has 1 amide bonds. The molecule has 0 aliphatic heterocycles. The van der Waals surface area contributed by atoms with E-state index in [1.165, 1.54) is 0 Å². The summed E-state index contributed by atoms with van der Waals surface area (Å²) >= 11 is 0. The van der Waals surface area contributed by atoms with Crippen molar-refractivity contribution in [3.8, 4) is 0 Å². The molecule has 1 rings (SSSR count). The Kier molecular flexibility index (Phi) is 11.3. The molecule has 1 atom stereocenters. The van der Waals surface area contributed by atoms with Crippen molar-refractivity contribution in [1.82, 2.24) is 16.0 Å². The maximum absolute atomic E-state index is 11.9. The summed E-state index contributed by atoms with van der Waals surface area (Å²) in [4.78, 5) is 16.1. The minimum atomic E-state index is -0.238. The largest absolute Gasteiger partial charge is 0.380 e. The summed E-state index contributed by atoms with van der Waals surface area (Å²) in [5.41, 5.74) is 0.855. The second kappa shape index (κ2) is 12.0. The first-order chi connectivity index (χ1) is 11.7. The molecule has 0 saturated carbocycles. The molecule has 0 radical (unpaired) electrons. The molecular formula is C19H34IN5O. The number of nitrogens with zero attached hydrogens (tertiary/aromatic N) is 1. The van der Waals surface area contributed by atoms with Crippen molar-refractivity contribution in [2.24, 2.45) is 10.9 Å². The maximum Gasteiger partial charge on any atom is 0.239 e. The van der Waals surface area contributed by atoms with Crippen molar-refractivity contribution in [1.29, 1.82) is 0 Å². The van der Waals surface area contributed by atoms with Crippen molar-refractivity contribution in [3.63, 3.8) is 0 Å². The normalized spacial score (nSPS) is 12.8. The van der Waals surface area contributed by atoms with Crippen LogP contribution in [0.15, 0.2) is 35.3 Å². The summed E-state index contributed by atoms with van der Waals surface area (Å²) < 4.78 is 0. The Morgan fingerprint density at radius 2 is 1.73 bits per heavy atom. The van der Waals surface area contributed by atoms with E-state index in [1.807, 2.05) is 39.0 Å². The molecule has 0 aliphatic carbocycles. The quantitative estimate of drug-likeness (QED) is 0.278. The van der Waals surface area contributed by atoms with Crippen LogP contribution in [0, 0.1) is 5.92 Å². The molecule has 0 bridgehead atoms. The number of hydrogen-bond acceptors (Lipinski definition) is 3. The third-order valence-electron chi connectivity index (χ3n) is 3.57. The highest BCUT2D eigenvalue weighted by Gasteiger charge is 2.15. The van der Waals surface area contributed by atoms with Gasteiger partial charge in [0.25, 0.3) is 0 Å². The fraction of sp³-hybridized carbons (Fsp3) is 0.579. The van der Waals surface area contributed by atoms with Gasteiger partial charge in [0.15, 0.2) is 5.96 Å². The molecule has 4 N–H and O–H groups in total. The molecule has 0 fully saturated rings. The number of aliphatic imine (C=N–C) groups is 1. The lowest BCUT2D eigenvalue weighted by Gasteiger charge is -2.25. The monoisotopic (exact) mass is 475 g/mol. The molecular weight excluding hydrogens is 441 g/mol.